The lowest BCUT2D eigenvalue weighted by molar-refractivity contribution is -0.119. The number of nitrogens with two attached hydrogens (primary N) is 1. The first-order valence-electron chi connectivity index (χ1n) is 8.88. The molecule has 3 rings (SSSR count). The number of hydrogen-bond acceptors (Lipinski definition) is 5. The van der Waals surface area contributed by atoms with Gasteiger partial charge in [0.1, 0.15) is 0 Å². The highest BCUT2D eigenvalue weighted by Crippen LogP contribution is 2.25. The SMILES string of the molecule is C[C@H](NC(=O)CSc1nnc(C(C)(C)C)n1N)c1cccc2ccccc12. The minimum Gasteiger partial charge on any atom is -0.349 e. The maximum Gasteiger partial charge on any atom is 0.230 e. The van der Waals surface area contributed by atoms with E-state index in [2.05, 4.69) is 33.7 Å². The van der Waals surface area contributed by atoms with Crippen molar-refractivity contribution in [3.8, 4) is 0 Å². The Morgan fingerprint density at radius 2 is 1.89 bits per heavy atom. The van der Waals surface area contributed by atoms with Gasteiger partial charge in [-0.1, -0.05) is 75.0 Å². The summed E-state index contributed by atoms with van der Waals surface area (Å²) in [6.45, 7) is 8.06. The van der Waals surface area contributed by atoms with Crippen LogP contribution in [0.4, 0.5) is 0 Å². The van der Waals surface area contributed by atoms with Crippen LogP contribution >= 0.6 is 11.8 Å². The van der Waals surface area contributed by atoms with Crippen LogP contribution in [0.1, 0.15) is 45.1 Å². The highest BCUT2D eigenvalue weighted by molar-refractivity contribution is 7.99. The third kappa shape index (κ3) is 4.24. The van der Waals surface area contributed by atoms with Gasteiger partial charge in [-0.3, -0.25) is 4.79 Å². The van der Waals surface area contributed by atoms with E-state index in [4.69, 9.17) is 5.84 Å². The van der Waals surface area contributed by atoms with E-state index in [-0.39, 0.29) is 23.1 Å². The molecule has 1 atom stereocenters. The molecule has 0 unspecified atom stereocenters. The molecule has 1 aromatic heterocycles. The smallest absolute Gasteiger partial charge is 0.230 e. The van der Waals surface area contributed by atoms with E-state index in [9.17, 15) is 4.79 Å². The second kappa shape index (κ2) is 7.60. The number of rotatable bonds is 5. The van der Waals surface area contributed by atoms with Crippen molar-refractivity contribution in [1.29, 1.82) is 0 Å². The summed E-state index contributed by atoms with van der Waals surface area (Å²) >= 11 is 1.29. The van der Waals surface area contributed by atoms with Crippen molar-refractivity contribution in [3.63, 3.8) is 0 Å². The Morgan fingerprint density at radius 1 is 1.19 bits per heavy atom. The number of hydrogen-bond donors (Lipinski definition) is 2. The highest BCUT2D eigenvalue weighted by atomic mass is 32.2. The number of nitrogen functional groups attached to an aromatic ring is 1. The molecule has 0 fully saturated rings. The van der Waals surface area contributed by atoms with Gasteiger partial charge in [-0.2, -0.15) is 0 Å². The maximum absolute atomic E-state index is 12.4. The summed E-state index contributed by atoms with van der Waals surface area (Å²) in [5.74, 6) is 6.92. The zero-order valence-electron chi connectivity index (χ0n) is 16.1. The molecule has 0 aliphatic heterocycles. The molecule has 1 amide bonds. The van der Waals surface area contributed by atoms with Crippen LogP contribution < -0.4 is 11.2 Å². The second-order valence-corrected chi connectivity index (χ2v) is 8.51. The van der Waals surface area contributed by atoms with Crippen molar-refractivity contribution >= 4 is 28.4 Å². The van der Waals surface area contributed by atoms with Crippen LogP contribution in [0.5, 0.6) is 0 Å². The Kier molecular flexibility index (Phi) is 5.41. The van der Waals surface area contributed by atoms with E-state index in [0.29, 0.717) is 11.0 Å². The number of benzene rings is 2. The number of carbonyl (C=O) groups excluding carboxylic acids is 1. The fourth-order valence-electron chi connectivity index (χ4n) is 3.01. The topological polar surface area (TPSA) is 85.8 Å². The van der Waals surface area contributed by atoms with Crippen LogP contribution in [0.15, 0.2) is 47.6 Å². The molecule has 3 N–H and O–H groups in total. The molecule has 0 radical (unpaired) electrons. The summed E-state index contributed by atoms with van der Waals surface area (Å²) in [7, 11) is 0. The minimum absolute atomic E-state index is 0.0688. The van der Waals surface area contributed by atoms with E-state index in [1.165, 1.54) is 16.4 Å². The van der Waals surface area contributed by atoms with Gasteiger partial charge in [-0.25, -0.2) is 4.68 Å². The second-order valence-electron chi connectivity index (χ2n) is 7.57. The lowest BCUT2D eigenvalue weighted by Crippen LogP contribution is -2.29. The number of thioether (sulfide) groups is 1. The fraction of sp³-hybridized carbons (Fsp3) is 0.350. The van der Waals surface area contributed by atoms with Crippen LogP contribution in [-0.2, 0) is 10.2 Å². The number of carbonyl (C=O) groups is 1. The number of nitrogens with zero attached hydrogens (tertiary/aromatic N) is 3. The van der Waals surface area contributed by atoms with Gasteiger partial charge in [0.15, 0.2) is 5.82 Å². The molecule has 0 spiro atoms. The maximum atomic E-state index is 12.4. The van der Waals surface area contributed by atoms with Gasteiger partial charge in [0.05, 0.1) is 11.8 Å². The van der Waals surface area contributed by atoms with E-state index < -0.39 is 0 Å². The fourth-order valence-corrected chi connectivity index (χ4v) is 3.67. The molecular formula is C20H25N5OS. The highest BCUT2D eigenvalue weighted by Gasteiger charge is 2.23. The molecule has 0 saturated heterocycles. The minimum atomic E-state index is -0.203. The zero-order chi connectivity index (χ0) is 19.6. The third-order valence-electron chi connectivity index (χ3n) is 4.34. The summed E-state index contributed by atoms with van der Waals surface area (Å²) in [5.41, 5.74) is 0.898. The number of nitrogens with one attached hydrogen (secondary N) is 1. The molecule has 27 heavy (non-hydrogen) atoms. The van der Waals surface area contributed by atoms with Crippen LogP contribution in [-0.4, -0.2) is 26.5 Å². The standard InChI is InChI=1S/C20H25N5OS/c1-13(15-11-7-9-14-8-5-6-10-16(14)15)22-17(26)12-27-19-24-23-18(25(19)21)20(2,3)4/h5-11,13H,12,21H2,1-4H3,(H,22,26)/t13-/m0/s1. The van der Waals surface area contributed by atoms with Crippen LogP contribution in [0.25, 0.3) is 10.8 Å². The molecular weight excluding hydrogens is 358 g/mol. The molecule has 0 aliphatic carbocycles. The summed E-state index contributed by atoms with van der Waals surface area (Å²) in [6.07, 6.45) is 0. The molecule has 6 nitrogen and oxygen atoms in total. The molecule has 1 heterocycles. The average Bonchev–Trinajstić information content (AvgIpc) is 3.00. The first-order chi connectivity index (χ1) is 12.8. The van der Waals surface area contributed by atoms with Crippen molar-refractivity contribution in [1.82, 2.24) is 20.2 Å². The summed E-state index contributed by atoms with van der Waals surface area (Å²) in [4.78, 5) is 12.4. The van der Waals surface area contributed by atoms with Gasteiger partial charge in [0, 0.05) is 5.41 Å². The lowest BCUT2D eigenvalue weighted by Gasteiger charge is -2.17. The largest absolute Gasteiger partial charge is 0.349 e. The summed E-state index contributed by atoms with van der Waals surface area (Å²) in [6, 6.07) is 14.2. The van der Waals surface area contributed by atoms with Gasteiger partial charge < -0.3 is 11.2 Å². The first kappa shape index (κ1) is 19.2. The van der Waals surface area contributed by atoms with Crippen molar-refractivity contribution in [2.75, 3.05) is 11.6 Å². The van der Waals surface area contributed by atoms with Gasteiger partial charge >= 0.3 is 0 Å². The average molecular weight is 384 g/mol. The van der Waals surface area contributed by atoms with Crippen LogP contribution in [0.2, 0.25) is 0 Å². The third-order valence-corrected chi connectivity index (χ3v) is 5.28. The van der Waals surface area contributed by atoms with Crippen LogP contribution in [0, 0.1) is 0 Å². The van der Waals surface area contributed by atoms with E-state index in [1.54, 1.807) is 0 Å². The number of aromatic nitrogens is 3. The van der Waals surface area contributed by atoms with E-state index in [1.807, 2.05) is 52.0 Å². The predicted molar refractivity (Wildman–Crippen MR) is 110 cm³/mol. The molecule has 0 bridgehead atoms. The monoisotopic (exact) mass is 383 g/mol. The van der Waals surface area contributed by atoms with E-state index >= 15 is 0 Å². The molecule has 0 saturated carbocycles. The van der Waals surface area contributed by atoms with Crippen molar-refractivity contribution in [2.24, 2.45) is 0 Å². The van der Waals surface area contributed by atoms with Crippen molar-refractivity contribution in [3.05, 3.63) is 53.9 Å². The zero-order valence-corrected chi connectivity index (χ0v) is 16.9. The van der Waals surface area contributed by atoms with Gasteiger partial charge in [0.25, 0.3) is 0 Å². The molecule has 142 valence electrons. The van der Waals surface area contributed by atoms with E-state index in [0.717, 1.165) is 16.3 Å². The molecule has 3 aromatic rings. The molecule has 0 aliphatic rings. The Morgan fingerprint density at radius 3 is 2.59 bits per heavy atom. The van der Waals surface area contributed by atoms with Crippen molar-refractivity contribution in [2.45, 2.75) is 44.3 Å². The molecule has 7 heteroatoms. The lowest BCUT2D eigenvalue weighted by atomic mass is 9.96. The summed E-state index contributed by atoms with van der Waals surface area (Å²) in [5, 5.41) is 14.2. The first-order valence-corrected chi connectivity index (χ1v) is 9.86. The summed E-state index contributed by atoms with van der Waals surface area (Å²) < 4.78 is 1.46. The van der Waals surface area contributed by atoms with Gasteiger partial charge in [-0.05, 0) is 23.3 Å². The van der Waals surface area contributed by atoms with Crippen molar-refractivity contribution < 1.29 is 4.79 Å². The van der Waals surface area contributed by atoms with Crippen LogP contribution in [0.3, 0.4) is 0 Å². The Bertz CT molecular complexity index is 955. The van der Waals surface area contributed by atoms with Gasteiger partial charge in [-0.15, -0.1) is 10.2 Å². The Labute approximate surface area is 163 Å². The quantitative estimate of drug-likeness (QED) is 0.521. The number of fused-ring (bicyclic) bond motifs is 1. The predicted octanol–water partition coefficient (Wildman–Crippen LogP) is 3.41. The Balaban J connectivity index is 1.65. The number of amides is 1. The van der Waals surface area contributed by atoms with Gasteiger partial charge in [0.2, 0.25) is 11.1 Å². The molecule has 2 aromatic carbocycles. The Hall–Kier alpha value is -2.54. The normalized spacial score (nSPS) is 12.9.